The van der Waals surface area contributed by atoms with Crippen LogP contribution in [-0.2, 0) is 6.54 Å². The van der Waals surface area contributed by atoms with E-state index in [0.717, 1.165) is 17.0 Å². The van der Waals surface area contributed by atoms with Crippen molar-refractivity contribution in [2.24, 2.45) is 10.7 Å². The van der Waals surface area contributed by atoms with E-state index >= 15 is 0 Å². The Morgan fingerprint density at radius 3 is 2.62 bits per heavy atom. The highest BCUT2D eigenvalue weighted by atomic mass is 127. The molecule has 4 N–H and O–H groups in total. The number of rotatable bonds is 4. The monoisotopic (exact) mass is 399 g/mol. The number of anilines is 1. The molecule has 2 aromatic rings. The summed E-state index contributed by atoms with van der Waals surface area (Å²) in [6, 6.07) is 14.3. The summed E-state index contributed by atoms with van der Waals surface area (Å²) in [6.07, 6.45) is 0. The molecule has 0 heterocycles. The number of hydrogen-bond acceptors (Lipinski definition) is 3. The molecule has 0 radical (unpaired) electrons. The fraction of sp³-hybridized carbons (Fsp3) is 0.133. The molecule has 0 unspecified atom stereocenters. The molecule has 0 aliphatic heterocycles. The van der Waals surface area contributed by atoms with Crippen molar-refractivity contribution >= 4 is 35.6 Å². The summed E-state index contributed by atoms with van der Waals surface area (Å²) in [4.78, 5) is 4.24. The summed E-state index contributed by atoms with van der Waals surface area (Å²) in [5.74, 6) is 1.31. The Kier molecular flexibility index (Phi) is 6.80. The average Bonchev–Trinajstić information content (AvgIpc) is 2.47. The van der Waals surface area contributed by atoms with E-state index in [0.29, 0.717) is 12.5 Å². The first-order chi connectivity index (χ1) is 9.67. The Labute approximate surface area is 140 Å². The molecule has 6 heteroatoms. The lowest BCUT2D eigenvalue weighted by molar-refractivity contribution is 0.415. The number of aliphatic imine (C=N–C) groups is 1. The minimum absolute atomic E-state index is 0. The van der Waals surface area contributed by atoms with Crippen molar-refractivity contribution in [3.05, 3.63) is 54.1 Å². The van der Waals surface area contributed by atoms with Gasteiger partial charge in [-0.3, -0.25) is 0 Å². The van der Waals surface area contributed by atoms with Gasteiger partial charge in [-0.2, -0.15) is 0 Å². The fourth-order valence-corrected chi connectivity index (χ4v) is 1.67. The van der Waals surface area contributed by atoms with E-state index < -0.39 is 0 Å². The zero-order chi connectivity index (χ0) is 14.4. The van der Waals surface area contributed by atoms with Crippen LogP contribution in [-0.4, -0.2) is 18.2 Å². The van der Waals surface area contributed by atoms with Gasteiger partial charge in [-0.1, -0.05) is 18.2 Å². The van der Waals surface area contributed by atoms with Crippen molar-refractivity contribution in [1.82, 2.24) is 0 Å². The predicted molar refractivity (Wildman–Crippen MR) is 95.5 cm³/mol. The van der Waals surface area contributed by atoms with Crippen LogP contribution in [0.15, 0.2) is 53.5 Å². The molecule has 2 aromatic carbocycles. The second-order valence-corrected chi connectivity index (χ2v) is 4.22. The number of ether oxygens (including phenoxy) is 1. The molecule has 0 aromatic heterocycles. The molecule has 0 saturated carbocycles. The Morgan fingerprint density at radius 2 is 1.95 bits per heavy atom. The number of guanidine groups is 1. The van der Waals surface area contributed by atoms with E-state index in [1.54, 1.807) is 31.4 Å². The average molecular weight is 399 g/mol. The fourth-order valence-electron chi connectivity index (χ4n) is 1.67. The smallest absolute Gasteiger partial charge is 0.193 e. The van der Waals surface area contributed by atoms with Crippen LogP contribution in [0.1, 0.15) is 5.56 Å². The summed E-state index contributed by atoms with van der Waals surface area (Å²) in [7, 11) is 1.61. The topological polar surface area (TPSA) is 79.9 Å². The Balaban J connectivity index is 0.00000220. The Bertz CT molecular complexity index is 600. The summed E-state index contributed by atoms with van der Waals surface area (Å²) in [5, 5.41) is 12.2. The maximum atomic E-state index is 9.19. The van der Waals surface area contributed by atoms with Crippen molar-refractivity contribution in [2.75, 3.05) is 12.4 Å². The van der Waals surface area contributed by atoms with E-state index in [1.165, 1.54) is 0 Å². The molecule has 0 spiro atoms. The molecule has 0 atom stereocenters. The van der Waals surface area contributed by atoms with Crippen molar-refractivity contribution in [3.8, 4) is 11.5 Å². The molecule has 112 valence electrons. The second-order valence-electron chi connectivity index (χ2n) is 4.22. The third-order valence-electron chi connectivity index (χ3n) is 2.71. The van der Waals surface area contributed by atoms with Gasteiger partial charge in [0.25, 0.3) is 0 Å². The zero-order valence-corrected chi connectivity index (χ0v) is 13.9. The van der Waals surface area contributed by atoms with Gasteiger partial charge in [0.15, 0.2) is 5.96 Å². The minimum atomic E-state index is 0. The van der Waals surface area contributed by atoms with Gasteiger partial charge in [-0.25, -0.2) is 4.99 Å². The van der Waals surface area contributed by atoms with Gasteiger partial charge in [0.1, 0.15) is 11.5 Å². The highest BCUT2D eigenvalue weighted by molar-refractivity contribution is 14.0. The third-order valence-corrected chi connectivity index (χ3v) is 2.71. The van der Waals surface area contributed by atoms with E-state index in [1.807, 2.05) is 24.3 Å². The maximum absolute atomic E-state index is 9.19. The maximum Gasteiger partial charge on any atom is 0.193 e. The molecule has 0 aliphatic rings. The van der Waals surface area contributed by atoms with Crippen molar-refractivity contribution < 1.29 is 9.84 Å². The van der Waals surface area contributed by atoms with Crippen molar-refractivity contribution in [2.45, 2.75) is 6.54 Å². The highest BCUT2D eigenvalue weighted by Crippen LogP contribution is 2.16. The number of nitrogens with one attached hydrogen (secondary N) is 1. The first kappa shape index (κ1) is 17.1. The lowest BCUT2D eigenvalue weighted by atomic mass is 10.2. The number of benzene rings is 2. The van der Waals surface area contributed by atoms with Gasteiger partial charge in [-0.05, 0) is 29.8 Å². The molecule has 0 amide bonds. The quantitative estimate of drug-likeness (QED) is 0.420. The highest BCUT2D eigenvalue weighted by Gasteiger charge is 1.98. The summed E-state index contributed by atoms with van der Waals surface area (Å²) < 4.78 is 5.13. The SMILES string of the molecule is COc1cccc(NC(N)=NCc2ccc(O)cc2)c1.I. The molecule has 0 bridgehead atoms. The summed E-state index contributed by atoms with van der Waals surface area (Å²) >= 11 is 0. The molecule has 0 fully saturated rings. The van der Waals surface area contributed by atoms with E-state index in [2.05, 4.69) is 10.3 Å². The molecule has 0 aliphatic carbocycles. The van der Waals surface area contributed by atoms with Gasteiger partial charge < -0.3 is 20.9 Å². The molecular formula is C15H18IN3O2. The first-order valence-electron chi connectivity index (χ1n) is 6.16. The van der Waals surface area contributed by atoms with Gasteiger partial charge in [-0.15, -0.1) is 24.0 Å². The van der Waals surface area contributed by atoms with Crippen molar-refractivity contribution in [1.29, 1.82) is 0 Å². The normalized spacial score (nSPS) is 10.6. The summed E-state index contributed by atoms with van der Waals surface area (Å²) in [5.41, 5.74) is 7.61. The predicted octanol–water partition coefficient (Wildman–Crippen LogP) is 2.95. The largest absolute Gasteiger partial charge is 0.508 e. The van der Waals surface area contributed by atoms with E-state index in [9.17, 15) is 5.11 Å². The number of aromatic hydroxyl groups is 1. The number of hydrogen-bond donors (Lipinski definition) is 3. The number of phenols is 1. The van der Waals surface area contributed by atoms with Crippen LogP contribution in [0.3, 0.4) is 0 Å². The van der Waals surface area contributed by atoms with Crippen LogP contribution < -0.4 is 15.8 Å². The van der Waals surface area contributed by atoms with E-state index in [-0.39, 0.29) is 29.7 Å². The van der Waals surface area contributed by atoms with Gasteiger partial charge in [0.05, 0.1) is 13.7 Å². The standard InChI is InChI=1S/C15H17N3O2.HI/c1-20-14-4-2-3-12(9-14)18-15(16)17-10-11-5-7-13(19)8-6-11;/h2-9,19H,10H2,1H3,(H3,16,17,18);1H. The number of nitrogens with two attached hydrogens (primary N) is 1. The lowest BCUT2D eigenvalue weighted by Gasteiger charge is -2.07. The minimum Gasteiger partial charge on any atom is -0.508 e. The molecule has 5 nitrogen and oxygen atoms in total. The molecule has 21 heavy (non-hydrogen) atoms. The summed E-state index contributed by atoms with van der Waals surface area (Å²) in [6.45, 7) is 0.448. The van der Waals surface area contributed by atoms with Gasteiger partial charge >= 0.3 is 0 Å². The number of halogens is 1. The van der Waals surface area contributed by atoms with Crippen LogP contribution in [0.25, 0.3) is 0 Å². The Hall–Kier alpha value is -1.96. The third kappa shape index (κ3) is 5.50. The molecule has 0 saturated heterocycles. The Morgan fingerprint density at radius 1 is 1.24 bits per heavy atom. The van der Waals surface area contributed by atoms with Gasteiger partial charge in [0.2, 0.25) is 0 Å². The van der Waals surface area contributed by atoms with Crippen LogP contribution in [0.2, 0.25) is 0 Å². The van der Waals surface area contributed by atoms with Crippen LogP contribution in [0.5, 0.6) is 11.5 Å². The molecule has 2 rings (SSSR count). The lowest BCUT2D eigenvalue weighted by Crippen LogP contribution is -2.22. The molecular weight excluding hydrogens is 381 g/mol. The van der Waals surface area contributed by atoms with Crippen LogP contribution in [0, 0.1) is 0 Å². The van der Waals surface area contributed by atoms with E-state index in [4.69, 9.17) is 10.5 Å². The van der Waals surface area contributed by atoms with Crippen LogP contribution >= 0.6 is 24.0 Å². The zero-order valence-electron chi connectivity index (χ0n) is 11.6. The van der Waals surface area contributed by atoms with Crippen LogP contribution in [0.4, 0.5) is 5.69 Å². The number of methoxy groups -OCH3 is 1. The number of phenolic OH excluding ortho intramolecular Hbond substituents is 1. The number of nitrogens with zero attached hydrogens (tertiary/aromatic N) is 1. The second kappa shape index (κ2) is 8.35. The van der Waals surface area contributed by atoms with Gasteiger partial charge in [0, 0.05) is 11.8 Å². The first-order valence-corrected chi connectivity index (χ1v) is 6.16. The van der Waals surface area contributed by atoms with Crippen molar-refractivity contribution in [3.63, 3.8) is 0 Å².